The lowest BCUT2D eigenvalue weighted by atomic mass is 10.4. The molecule has 0 bridgehead atoms. The van der Waals surface area contributed by atoms with E-state index in [1.54, 1.807) is 11.3 Å². The Kier molecular flexibility index (Phi) is 3.32. The molecule has 4 heteroatoms. The first-order valence-corrected chi connectivity index (χ1v) is 5.70. The van der Waals surface area contributed by atoms with Gasteiger partial charge in [0.25, 0.3) is 0 Å². The van der Waals surface area contributed by atoms with Crippen molar-refractivity contribution in [3.8, 4) is 10.7 Å². The van der Waals surface area contributed by atoms with Crippen molar-refractivity contribution in [2.75, 3.05) is 6.54 Å². The van der Waals surface area contributed by atoms with Gasteiger partial charge in [0.2, 0.25) is 0 Å². The van der Waals surface area contributed by atoms with E-state index in [4.69, 9.17) is 5.73 Å². The molecule has 2 N–H and O–H groups in total. The van der Waals surface area contributed by atoms with E-state index in [9.17, 15) is 0 Å². The Morgan fingerprint density at radius 1 is 1.47 bits per heavy atom. The quantitative estimate of drug-likeness (QED) is 0.800. The first kappa shape index (κ1) is 10.1. The van der Waals surface area contributed by atoms with Crippen molar-refractivity contribution < 1.29 is 0 Å². The van der Waals surface area contributed by atoms with Gasteiger partial charge in [0, 0.05) is 25.5 Å². The Labute approximate surface area is 92.9 Å². The van der Waals surface area contributed by atoms with E-state index in [1.165, 1.54) is 4.88 Å². The maximum atomic E-state index is 5.39. The molecule has 2 heterocycles. The Balaban J connectivity index is 2.19. The number of hydrogen-bond donors (Lipinski definition) is 1. The van der Waals surface area contributed by atoms with Gasteiger partial charge in [-0.1, -0.05) is 18.2 Å². The topological polar surface area (TPSA) is 43.8 Å². The smallest absolute Gasteiger partial charge is 0.150 e. The average Bonchev–Trinajstić information content (AvgIpc) is 2.87. The predicted octanol–water partition coefficient (Wildman–Crippen LogP) is 2.13. The molecular formula is C11H13N3S. The lowest BCUT2D eigenvalue weighted by molar-refractivity contribution is 0.830. The predicted molar refractivity (Wildman–Crippen MR) is 63.7 cm³/mol. The van der Waals surface area contributed by atoms with Gasteiger partial charge in [0.1, 0.15) is 5.82 Å². The summed E-state index contributed by atoms with van der Waals surface area (Å²) in [6.45, 7) is 1.41. The minimum atomic E-state index is 0.586. The standard InChI is InChI=1S/C11H13N3S/c12-5-1-2-7-14-8-6-13-11(14)10-4-3-9-15-10/h1-4,6,8-9H,5,7,12H2. The molecule has 2 aromatic heterocycles. The maximum Gasteiger partial charge on any atom is 0.150 e. The third-order valence-corrected chi connectivity index (χ3v) is 2.93. The number of nitrogens with zero attached hydrogens (tertiary/aromatic N) is 2. The van der Waals surface area contributed by atoms with Crippen LogP contribution in [0.1, 0.15) is 0 Å². The van der Waals surface area contributed by atoms with Crippen molar-refractivity contribution in [1.29, 1.82) is 0 Å². The Morgan fingerprint density at radius 2 is 2.40 bits per heavy atom. The monoisotopic (exact) mass is 219 g/mol. The van der Waals surface area contributed by atoms with Crippen molar-refractivity contribution in [3.05, 3.63) is 42.1 Å². The molecule has 0 aliphatic rings. The lowest BCUT2D eigenvalue weighted by Gasteiger charge is -2.01. The van der Waals surface area contributed by atoms with E-state index in [-0.39, 0.29) is 0 Å². The van der Waals surface area contributed by atoms with Gasteiger partial charge in [-0.05, 0) is 11.4 Å². The number of thiophene rings is 1. The van der Waals surface area contributed by atoms with Gasteiger partial charge in [-0.2, -0.15) is 0 Å². The highest BCUT2D eigenvalue weighted by molar-refractivity contribution is 7.13. The SMILES string of the molecule is NCC=CCn1ccnc1-c1cccs1. The van der Waals surface area contributed by atoms with Crippen LogP contribution in [-0.2, 0) is 6.54 Å². The fourth-order valence-electron chi connectivity index (χ4n) is 1.37. The van der Waals surface area contributed by atoms with Gasteiger partial charge in [-0.3, -0.25) is 0 Å². The largest absolute Gasteiger partial charge is 0.327 e. The number of imidazole rings is 1. The van der Waals surface area contributed by atoms with Crippen LogP contribution < -0.4 is 5.73 Å². The van der Waals surface area contributed by atoms with Crippen molar-refractivity contribution in [1.82, 2.24) is 9.55 Å². The molecule has 0 saturated carbocycles. The minimum Gasteiger partial charge on any atom is -0.327 e. The fraction of sp³-hybridized carbons (Fsp3) is 0.182. The van der Waals surface area contributed by atoms with Gasteiger partial charge in [-0.25, -0.2) is 4.98 Å². The molecule has 0 spiro atoms. The van der Waals surface area contributed by atoms with E-state index in [0.717, 1.165) is 12.4 Å². The molecular weight excluding hydrogens is 206 g/mol. The molecule has 78 valence electrons. The first-order chi connectivity index (χ1) is 7.42. The van der Waals surface area contributed by atoms with Crippen LogP contribution in [0.5, 0.6) is 0 Å². The number of rotatable bonds is 4. The summed E-state index contributed by atoms with van der Waals surface area (Å²) in [6, 6.07) is 4.12. The van der Waals surface area contributed by atoms with E-state index >= 15 is 0 Å². The van der Waals surface area contributed by atoms with Crippen molar-refractivity contribution >= 4 is 11.3 Å². The highest BCUT2D eigenvalue weighted by atomic mass is 32.1. The molecule has 0 amide bonds. The summed E-state index contributed by atoms with van der Waals surface area (Å²) in [5.41, 5.74) is 5.39. The van der Waals surface area contributed by atoms with Gasteiger partial charge >= 0.3 is 0 Å². The molecule has 2 rings (SSSR count). The zero-order valence-corrected chi connectivity index (χ0v) is 9.15. The second-order valence-electron chi connectivity index (χ2n) is 3.09. The normalized spacial score (nSPS) is 11.3. The van der Waals surface area contributed by atoms with Crippen LogP contribution >= 0.6 is 11.3 Å². The highest BCUT2D eigenvalue weighted by Crippen LogP contribution is 2.22. The van der Waals surface area contributed by atoms with Crippen molar-refractivity contribution in [3.63, 3.8) is 0 Å². The summed E-state index contributed by atoms with van der Waals surface area (Å²) in [6.07, 6.45) is 7.82. The summed E-state index contributed by atoms with van der Waals surface area (Å²) in [5.74, 6) is 1.02. The molecule has 0 atom stereocenters. The zero-order valence-electron chi connectivity index (χ0n) is 8.34. The van der Waals surface area contributed by atoms with Crippen molar-refractivity contribution in [2.45, 2.75) is 6.54 Å². The molecule has 2 aromatic rings. The van der Waals surface area contributed by atoms with E-state index in [0.29, 0.717) is 6.54 Å². The second-order valence-corrected chi connectivity index (χ2v) is 4.04. The molecule has 0 unspecified atom stereocenters. The van der Waals surface area contributed by atoms with Crippen LogP contribution in [0.15, 0.2) is 42.1 Å². The highest BCUT2D eigenvalue weighted by Gasteiger charge is 2.04. The Morgan fingerprint density at radius 3 is 3.13 bits per heavy atom. The Bertz CT molecular complexity index is 428. The second kappa shape index (κ2) is 4.91. The summed E-state index contributed by atoms with van der Waals surface area (Å²) in [7, 11) is 0. The molecule has 15 heavy (non-hydrogen) atoms. The van der Waals surface area contributed by atoms with E-state index < -0.39 is 0 Å². The van der Waals surface area contributed by atoms with Crippen LogP contribution in [-0.4, -0.2) is 16.1 Å². The molecule has 0 fully saturated rings. The molecule has 0 aliphatic heterocycles. The van der Waals surface area contributed by atoms with E-state index in [2.05, 4.69) is 27.1 Å². The summed E-state index contributed by atoms with van der Waals surface area (Å²) in [4.78, 5) is 5.54. The minimum absolute atomic E-state index is 0.586. The maximum absolute atomic E-state index is 5.39. The molecule has 0 saturated heterocycles. The lowest BCUT2D eigenvalue weighted by Crippen LogP contribution is -1.98. The van der Waals surface area contributed by atoms with E-state index in [1.807, 2.05) is 24.5 Å². The van der Waals surface area contributed by atoms with Crippen LogP contribution in [0, 0.1) is 0 Å². The van der Waals surface area contributed by atoms with Crippen LogP contribution in [0.2, 0.25) is 0 Å². The molecule has 0 aromatic carbocycles. The van der Waals surface area contributed by atoms with Crippen LogP contribution in [0.4, 0.5) is 0 Å². The third-order valence-electron chi connectivity index (χ3n) is 2.06. The third kappa shape index (κ3) is 2.34. The van der Waals surface area contributed by atoms with Crippen LogP contribution in [0.25, 0.3) is 10.7 Å². The molecule has 3 nitrogen and oxygen atoms in total. The van der Waals surface area contributed by atoms with Gasteiger partial charge in [0.05, 0.1) is 4.88 Å². The number of aromatic nitrogens is 2. The summed E-state index contributed by atoms with van der Waals surface area (Å²) >= 11 is 1.70. The molecule has 0 aliphatic carbocycles. The molecule has 0 radical (unpaired) electrons. The summed E-state index contributed by atoms with van der Waals surface area (Å²) < 4.78 is 2.11. The average molecular weight is 219 g/mol. The fourth-order valence-corrected chi connectivity index (χ4v) is 2.11. The van der Waals surface area contributed by atoms with Crippen molar-refractivity contribution in [2.24, 2.45) is 5.73 Å². The van der Waals surface area contributed by atoms with Gasteiger partial charge in [0.15, 0.2) is 0 Å². The Hall–Kier alpha value is -1.39. The van der Waals surface area contributed by atoms with Crippen LogP contribution in [0.3, 0.4) is 0 Å². The van der Waals surface area contributed by atoms with Gasteiger partial charge in [-0.15, -0.1) is 11.3 Å². The van der Waals surface area contributed by atoms with Gasteiger partial charge < -0.3 is 10.3 Å². The number of nitrogens with two attached hydrogens (primary N) is 1. The number of allylic oxidation sites excluding steroid dienone is 1. The summed E-state index contributed by atoms with van der Waals surface area (Å²) in [5, 5.41) is 2.06. The number of hydrogen-bond acceptors (Lipinski definition) is 3. The zero-order chi connectivity index (χ0) is 10.5. The first-order valence-electron chi connectivity index (χ1n) is 4.82.